The van der Waals surface area contributed by atoms with Gasteiger partial charge in [0.25, 0.3) is 0 Å². The third-order valence-electron chi connectivity index (χ3n) is 7.15. The normalized spacial score (nSPS) is 26.6. The fourth-order valence-corrected chi connectivity index (χ4v) is 5.40. The van der Waals surface area contributed by atoms with Crippen LogP contribution in [0.25, 0.3) is 0 Å². The molecule has 3 fully saturated rings. The van der Waals surface area contributed by atoms with E-state index in [1.54, 1.807) is 6.07 Å². The zero-order chi connectivity index (χ0) is 19.8. The number of piperazine rings is 1. The second-order valence-electron chi connectivity index (χ2n) is 8.49. The monoisotopic (exact) mass is 388 g/mol. The number of anilines is 1. The number of rotatable bonds is 5. The molecule has 0 spiro atoms. The van der Waals surface area contributed by atoms with Crippen molar-refractivity contribution in [1.29, 1.82) is 0 Å². The van der Waals surface area contributed by atoms with E-state index in [1.165, 1.54) is 33.0 Å². The number of nitro groups is 1. The lowest BCUT2D eigenvalue weighted by Gasteiger charge is -2.46. The van der Waals surface area contributed by atoms with Crippen molar-refractivity contribution in [3.8, 4) is 5.75 Å². The topological polar surface area (TPSA) is 62.1 Å². The Balaban J connectivity index is 1.46. The molecule has 7 heteroatoms. The third kappa shape index (κ3) is 3.46. The molecule has 0 aliphatic carbocycles. The number of hydrogen-bond donors (Lipinski definition) is 0. The molecule has 3 saturated heterocycles. The highest BCUT2D eigenvalue weighted by Crippen LogP contribution is 2.37. The molecule has 0 amide bonds. The SMILES string of the molecule is CCc1cc([N+](=O)[O-])c(OC)cc1N1CCC(N2CC3CCC(C2)N3C)CC1. The number of ether oxygens (including phenoxy) is 1. The van der Waals surface area contributed by atoms with Crippen LogP contribution in [-0.2, 0) is 6.42 Å². The van der Waals surface area contributed by atoms with E-state index in [2.05, 4.69) is 28.7 Å². The Labute approximate surface area is 167 Å². The van der Waals surface area contributed by atoms with Crippen molar-refractivity contribution >= 4 is 11.4 Å². The van der Waals surface area contributed by atoms with E-state index < -0.39 is 0 Å². The number of aryl methyl sites for hydroxylation is 1. The molecule has 28 heavy (non-hydrogen) atoms. The average Bonchev–Trinajstić information content (AvgIpc) is 2.93. The molecular formula is C21H32N4O3. The number of nitro benzene ring substituents is 1. The highest BCUT2D eigenvalue weighted by Gasteiger charge is 2.40. The van der Waals surface area contributed by atoms with Crippen LogP contribution in [0.1, 0.15) is 38.2 Å². The van der Waals surface area contributed by atoms with Gasteiger partial charge in [0.2, 0.25) is 0 Å². The molecule has 2 unspecified atom stereocenters. The van der Waals surface area contributed by atoms with Crippen LogP contribution in [0.4, 0.5) is 11.4 Å². The van der Waals surface area contributed by atoms with Gasteiger partial charge in [-0.1, -0.05) is 6.92 Å². The molecule has 0 aromatic heterocycles. The Hall–Kier alpha value is -1.86. The molecule has 1 aromatic rings. The summed E-state index contributed by atoms with van der Waals surface area (Å²) in [5, 5.41) is 11.3. The van der Waals surface area contributed by atoms with E-state index in [1.807, 2.05) is 6.07 Å². The summed E-state index contributed by atoms with van der Waals surface area (Å²) in [5.74, 6) is 0.356. The minimum absolute atomic E-state index is 0.0610. The molecule has 1 aromatic carbocycles. The van der Waals surface area contributed by atoms with Gasteiger partial charge in [-0.15, -0.1) is 0 Å². The van der Waals surface area contributed by atoms with Crippen molar-refractivity contribution in [1.82, 2.24) is 9.80 Å². The fourth-order valence-electron chi connectivity index (χ4n) is 5.40. The van der Waals surface area contributed by atoms with Gasteiger partial charge in [0.1, 0.15) is 0 Å². The molecule has 4 rings (SSSR count). The first-order chi connectivity index (χ1) is 13.5. The number of nitrogens with zero attached hydrogens (tertiary/aromatic N) is 4. The van der Waals surface area contributed by atoms with Gasteiger partial charge in [-0.25, -0.2) is 0 Å². The highest BCUT2D eigenvalue weighted by molar-refractivity contribution is 5.64. The molecule has 3 heterocycles. The molecular weight excluding hydrogens is 356 g/mol. The number of benzene rings is 1. The second-order valence-corrected chi connectivity index (χ2v) is 8.49. The smallest absolute Gasteiger partial charge is 0.311 e. The maximum atomic E-state index is 11.3. The van der Waals surface area contributed by atoms with Crippen LogP contribution < -0.4 is 9.64 Å². The quantitative estimate of drug-likeness (QED) is 0.571. The predicted octanol–water partition coefficient (Wildman–Crippen LogP) is 2.91. The van der Waals surface area contributed by atoms with Crippen molar-refractivity contribution in [2.45, 2.75) is 57.2 Å². The predicted molar refractivity (Wildman–Crippen MR) is 110 cm³/mol. The first kappa shape index (κ1) is 19.5. The molecule has 2 atom stereocenters. The summed E-state index contributed by atoms with van der Waals surface area (Å²) >= 11 is 0. The lowest BCUT2D eigenvalue weighted by molar-refractivity contribution is -0.385. The minimum Gasteiger partial charge on any atom is -0.490 e. The number of fused-ring (bicyclic) bond motifs is 2. The number of methoxy groups -OCH3 is 1. The zero-order valence-corrected chi connectivity index (χ0v) is 17.3. The zero-order valence-electron chi connectivity index (χ0n) is 17.3. The Morgan fingerprint density at radius 1 is 1.11 bits per heavy atom. The van der Waals surface area contributed by atoms with Crippen LogP contribution in [0.2, 0.25) is 0 Å². The molecule has 7 nitrogen and oxygen atoms in total. The van der Waals surface area contributed by atoms with E-state index in [9.17, 15) is 10.1 Å². The maximum Gasteiger partial charge on any atom is 0.311 e. The standard InChI is InChI=1S/C21H32N4O3/c1-4-15-11-20(25(26)27)21(28-3)12-19(15)23-9-7-16(8-10-23)24-13-17-5-6-18(14-24)22(17)2/h11-12,16-18H,4-10,13-14H2,1-3H3. The van der Waals surface area contributed by atoms with Crippen LogP contribution in [0, 0.1) is 10.1 Å². The molecule has 0 radical (unpaired) electrons. The maximum absolute atomic E-state index is 11.3. The van der Waals surface area contributed by atoms with E-state index >= 15 is 0 Å². The van der Waals surface area contributed by atoms with Gasteiger partial charge in [-0.05, 0) is 44.7 Å². The average molecular weight is 389 g/mol. The van der Waals surface area contributed by atoms with E-state index in [0.717, 1.165) is 55.7 Å². The van der Waals surface area contributed by atoms with Crippen molar-refractivity contribution in [2.75, 3.05) is 45.2 Å². The first-order valence-corrected chi connectivity index (χ1v) is 10.6. The van der Waals surface area contributed by atoms with Gasteiger partial charge in [0, 0.05) is 62.1 Å². The number of hydrogen-bond acceptors (Lipinski definition) is 6. The Kier molecular flexibility index (Phi) is 5.47. The molecule has 3 aliphatic rings. The van der Waals surface area contributed by atoms with E-state index in [0.29, 0.717) is 11.8 Å². The Morgan fingerprint density at radius 2 is 1.75 bits per heavy atom. The molecule has 0 saturated carbocycles. The second kappa shape index (κ2) is 7.87. The fraction of sp³-hybridized carbons (Fsp3) is 0.714. The van der Waals surface area contributed by atoms with Gasteiger partial charge >= 0.3 is 5.69 Å². The number of likely N-dealkylation sites (tertiary alicyclic amines) is 1. The van der Waals surface area contributed by atoms with Crippen LogP contribution in [0.3, 0.4) is 0 Å². The summed E-state index contributed by atoms with van der Waals surface area (Å²) in [7, 11) is 3.79. The van der Waals surface area contributed by atoms with Crippen molar-refractivity contribution in [3.63, 3.8) is 0 Å². The van der Waals surface area contributed by atoms with Gasteiger partial charge in [0.15, 0.2) is 5.75 Å². The van der Waals surface area contributed by atoms with Gasteiger partial charge in [-0.2, -0.15) is 0 Å². The molecule has 154 valence electrons. The largest absolute Gasteiger partial charge is 0.490 e. The van der Waals surface area contributed by atoms with Crippen molar-refractivity contribution in [2.24, 2.45) is 0 Å². The van der Waals surface area contributed by atoms with Gasteiger partial charge in [0.05, 0.1) is 12.0 Å². The third-order valence-corrected chi connectivity index (χ3v) is 7.15. The first-order valence-electron chi connectivity index (χ1n) is 10.6. The van der Waals surface area contributed by atoms with E-state index in [-0.39, 0.29) is 10.6 Å². The van der Waals surface area contributed by atoms with Gasteiger partial charge < -0.3 is 9.64 Å². The lowest BCUT2D eigenvalue weighted by Crippen LogP contribution is -2.56. The number of piperidine rings is 1. The van der Waals surface area contributed by atoms with Crippen molar-refractivity contribution in [3.05, 3.63) is 27.8 Å². The molecule has 2 bridgehead atoms. The summed E-state index contributed by atoms with van der Waals surface area (Å²) in [6.45, 7) is 6.48. The molecule has 3 aliphatic heterocycles. The Morgan fingerprint density at radius 3 is 2.29 bits per heavy atom. The van der Waals surface area contributed by atoms with Crippen LogP contribution in [0.15, 0.2) is 12.1 Å². The summed E-state index contributed by atoms with van der Waals surface area (Å²) < 4.78 is 5.31. The summed E-state index contributed by atoms with van der Waals surface area (Å²) in [6, 6.07) is 5.70. The van der Waals surface area contributed by atoms with Gasteiger partial charge in [-0.3, -0.25) is 19.9 Å². The van der Waals surface area contributed by atoms with Crippen LogP contribution >= 0.6 is 0 Å². The summed E-state index contributed by atoms with van der Waals surface area (Å²) in [5.41, 5.74) is 2.19. The summed E-state index contributed by atoms with van der Waals surface area (Å²) in [6.07, 6.45) is 5.79. The van der Waals surface area contributed by atoms with Crippen LogP contribution in [-0.4, -0.2) is 73.2 Å². The molecule has 0 N–H and O–H groups in total. The minimum atomic E-state index is -0.352. The highest BCUT2D eigenvalue weighted by atomic mass is 16.6. The number of likely N-dealkylation sites (N-methyl/N-ethyl adjacent to an activating group) is 1. The Bertz CT molecular complexity index is 719. The van der Waals surface area contributed by atoms with Crippen molar-refractivity contribution < 1.29 is 9.66 Å². The van der Waals surface area contributed by atoms with E-state index in [4.69, 9.17) is 4.74 Å². The lowest BCUT2D eigenvalue weighted by atomic mass is 9.98. The van der Waals surface area contributed by atoms with Crippen LogP contribution in [0.5, 0.6) is 5.75 Å². The summed E-state index contributed by atoms with van der Waals surface area (Å²) in [4.78, 5) is 18.7.